The van der Waals surface area contributed by atoms with Crippen LogP contribution in [-0.4, -0.2) is 0 Å². The summed E-state index contributed by atoms with van der Waals surface area (Å²) in [6, 6.07) is 8.80. The molecule has 2 aromatic carbocycles. The van der Waals surface area contributed by atoms with E-state index in [0.717, 1.165) is 33.9 Å². The topological polar surface area (TPSA) is 26.2 Å². The average Bonchev–Trinajstić information content (AvgIpc) is 3.02. The van der Waals surface area contributed by atoms with Gasteiger partial charge >= 0.3 is 0 Å². The lowest BCUT2D eigenvalue weighted by Gasteiger charge is -2.22. The summed E-state index contributed by atoms with van der Waals surface area (Å²) in [5.74, 6) is 3.17. The van der Waals surface area contributed by atoms with Gasteiger partial charge in [-0.1, -0.05) is 26.0 Å². The third kappa shape index (κ3) is 2.18. The number of nitrogens with zero attached hydrogens (tertiary/aromatic N) is 1. The van der Waals surface area contributed by atoms with E-state index in [0.29, 0.717) is 5.92 Å². The Bertz CT molecular complexity index is 1260. The third-order valence-corrected chi connectivity index (χ3v) is 5.79. The summed E-state index contributed by atoms with van der Waals surface area (Å²) in [6.07, 6.45) is 2.08. The minimum atomic E-state index is 0.337. The van der Waals surface area contributed by atoms with Crippen molar-refractivity contribution < 1.29 is 13.7 Å². The number of benzene rings is 2. The molecule has 0 amide bonds. The van der Waals surface area contributed by atoms with Gasteiger partial charge in [0, 0.05) is 11.3 Å². The predicted octanol–water partition coefficient (Wildman–Crippen LogP) is 6.23. The van der Waals surface area contributed by atoms with Crippen LogP contribution in [-0.2, 0) is 7.05 Å². The lowest BCUT2D eigenvalue weighted by Crippen LogP contribution is -2.32. The first-order chi connectivity index (χ1) is 12.8. The monoisotopic (exact) mass is 358 g/mol. The minimum Gasteiger partial charge on any atom is -0.454 e. The molecule has 27 heavy (non-hydrogen) atoms. The number of hydrogen-bond acceptors (Lipinski definition) is 2. The van der Waals surface area contributed by atoms with E-state index >= 15 is 0 Å². The van der Waals surface area contributed by atoms with Gasteiger partial charge in [-0.2, -0.15) is 4.57 Å². The largest absolute Gasteiger partial charge is 0.454 e. The van der Waals surface area contributed by atoms with Gasteiger partial charge in [0.1, 0.15) is 18.6 Å². The first-order valence-electron chi connectivity index (χ1n) is 9.54. The molecule has 2 aromatic heterocycles. The van der Waals surface area contributed by atoms with E-state index in [1.165, 1.54) is 33.0 Å². The first-order valence-corrected chi connectivity index (χ1v) is 9.54. The maximum atomic E-state index is 6.53. The third-order valence-electron chi connectivity index (χ3n) is 5.79. The summed E-state index contributed by atoms with van der Waals surface area (Å²) in [5.41, 5.74) is 7.09. The fraction of sp³-hybridized carbons (Fsp3) is 0.292. The zero-order valence-electron chi connectivity index (χ0n) is 16.7. The number of fused-ring (bicyclic) bond motifs is 4. The van der Waals surface area contributed by atoms with E-state index in [4.69, 9.17) is 9.15 Å². The fourth-order valence-corrected chi connectivity index (χ4v) is 4.28. The van der Waals surface area contributed by atoms with Gasteiger partial charge in [-0.05, 0) is 55.0 Å². The molecule has 0 saturated carbocycles. The molecule has 136 valence electrons. The van der Waals surface area contributed by atoms with Gasteiger partial charge in [-0.3, -0.25) is 0 Å². The van der Waals surface area contributed by atoms with Crippen molar-refractivity contribution in [2.45, 2.75) is 40.5 Å². The SMILES string of the molecule is Cc1cc2c3c(c(C)c(C)cc3c1)-c1c(c3cc(C(C)C)oc3c[n+]1C)O2. The number of aromatic nitrogens is 1. The van der Waals surface area contributed by atoms with Crippen LogP contribution >= 0.6 is 0 Å². The fourth-order valence-electron chi connectivity index (χ4n) is 4.28. The van der Waals surface area contributed by atoms with Crippen molar-refractivity contribution in [3.05, 3.63) is 52.9 Å². The van der Waals surface area contributed by atoms with E-state index in [1.54, 1.807) is 0 Å². The van der Waals surface area contributed by atoms with Crippen molar-refractivity contribution in [1.82, 2.24) is 0 Å². The molecule has 0 bridgehead atoms. The smallest absolute Gasteiger partial charge is 0.257 e. The molecular formula is C24H24NO2+. The second-order valence-electron chi connectivity index (χ2n) is 8.16. The van der Waals surface area contributed by atoms with Gasteiger partial charge in [0.2, 0.25) is 17.5 Å². The van der Waals surface area contributed by atoms with Crippen molar-refractivity contribution in [3.8, 4) is 22.8 Å². The Balaban J connectivity index is 1.97. The number of pyridine rings is 1. The summed E-state index contributed by atoms with van der Waals surface area (Å²) < 4.78 is 14.8. The second kappa shape index (κ2) is 5.35. The van der Waals surface area contributed by atoms with Gasteiger partial charge < -0.3 is 9.15 Å². The van der Waals surface area contributed by atoms with Gasteiger partial charge in [-0.25, -0.2) is 0 Å². The van der Waals surface area contributed by atoms with Crippen molar-refractivity contribution in [3.63, 3.8) is 0 Å². The Morgan fingerprint density at radius 3 is 2.52 bits per heavy atom. The zero-order chi connectivity index (χ0) is 19.0. The van der Waals surface area contributed by atoms with Crippen LogP contribution < -0.4 is 9.30 Å². The van der Waals surface area contributed by atoms with Crippen LogP contribution in [0.3, 0.4) is 0 Å². The van der Waals surface area contributed by atoms with Crippen LogP contribution in [0.5, 0.6) is 11.5 Å². The summed E-state index contributed by atoms with van der Waals surface area (Å²) in [7, 11) is 2.08. The number of hydrogen-bond donors (Lipinski definition) is 0. The quantitative estimate of drug-likeness (QED) is 0.332. The summed E-state index contributed by atoms with van der Waals surface area (Å²) in [5, 5.41) is 3.50. The van der Waals surface area contributed by atoms with Crippen molar-refractivity contribution in [1.29, 1.82) is 0 Å². The Labute approximate surface area is 159 Å². The Kier molecular flexibility index (Phi) is 3.24. The molecule has 1 aliphatic heterocycles. The summed E-state index contributed by atoms with van der Waals surface area (Å²) >= 11 is 0. The molecular weight excluding hydrogens is 334 g/mol. The van der Waals surface area contributed by atoms with Gasteiger partial charge in [0.15, 0.2) is 0 Å². The van der Waals surface area contributed by atoms with Crippen LogP contribution in [0.4, 0.5) is 0 Å². The Morgan fingerprint density at radius 2 is 1.78 bits per heavy atom. The molecule has 4 aromatic rings. The Morgan fingerprint density at radius 1 is 1.00 bits per heavy atom. The molecule has 0 aliphatic carbocycles. The highest BCUT2D eigenvalue weighted by Gasteiger charge is 2.33. The number of rotatable bonds is 1. The Hall–Kier alpha value is -2.81. The van der Waals surface area contributed by atoms with E-state index in [9.17, 15) is 0 Å². The van der Waals surface area contributed by atoms with Crippen LogP contribution in [0.1, 0.15) is 42.2 Å². The van der Waals surface area contributed by atoms with Crippen LogP contribution in [0.2, 0.25) is 0 Å². The number of aryl methyl sites for hydroxylation is 3. The highest BCUT2D eigenvalue weighted by atomic mass is 16.5. The molecule has 5 rings (SSSR count). The van der Waals surface area contributed by atoms with Gasteiger partial charge in [0.05, 0.1) is 10.9 Å². The van der Waals surface area contributed by atoms with Gasteiger partial charge in [0.25, 0.3) is 5.69 Å². The van der Waals surface area contributed by atoms with Crippen molar-refractivity contribution in [2.24, 2.45) is 7.05 Å². The maximum Gasteiger partial charge on any atom is 0.257 e. The summed E-state index contributed by atoms with van der Waals surface area (Å²) in [6.45, 7) is 10.8. The van der Waals surface area contributed by atoms with Crippen molar-refractivity contribution in [2.75, 3.05) is 0 Å². The molecule has 0 spiro atoms. The molecule has 0 unspecified atom stereocenters. The van der Waals surface area contributed by atoms with E-state index < -0.39 is 0 Å². The molecule has 1 aliphatic rings. The molecule has 3 heteroatoms. The summed E-state index contributed by atoms with van der Waals surface area (Å²) in [4.78, 5) is 0. The highest BCUT2D eigenvalue weighted by Crippen LogP contribution is 2.50. The standard InChI is InChI=1S/C24H24NO2/c1-12(2)18-10-17-20(26-18)11-25(6)23-21-15(5)14(4)9-16-7-13(3)8-19(22(16)21)27-24(17)23/h7-12H,1-6H3/q+1. The molecule has 0 atom stereocenters. The lowest BCUT2D eigenvalue weighted by atomic mass is 9.89. The molecule has 0 radical (unpaired) electrons. The number of furan rings is 1. The molecule has 3 nitrogen and oxygen atoms in total. The average molecular weight is 358 g/mol. The second-order valence-corrected chi connectivity index (χ2v) is 8.16. The normalized spacial score (nSPS) is 12.7. The lowest BCUT2D eigenvalue weighted by molar-refractivity contribution is -0.659. The minimum absolute atomic E-state index is 0.337. The molecule has 3 heterocycles. The maximum absolute atomic E-state index is 6.53. The molecule has 0 N–H and O–H groups in total. The van der Waals surface area contributed by atoms with Crippen LogP contribution in [0, 0.1) is 20.8 Å². The predicted molar refractivity (Wildman–Crippen MR) is 109 cm³/mol. The van der Waals surface area contributed by atoms with E-state index in [-0.39, 0.29) is 0 Å². The van der Waals surface area contributed by atoms with E-state index in [2.05, 4.69) is 76.7 Å². The number of ether oxygens (including phenoxy) is 1. The highest BCUT2D eigenvalue weighted by molar-refractivity contribution is 6.07. The van der Waals surface area contributed by atoms with Gasteiger partial charge in [-0.15, -0.1) is 0 Å². The molecule has 0 saturated heterocycles. The van der Waals surface area contributed by atoms with E-state index in [1.807, 2.05) is 0 Å². The van der Waals surface area contributed by atoms with Crippen LogP contribution in [0.15, 0.2) is 34.9 Å². The first kappa shape index (κ1) is 16.4. The zero-order valence-corrected chi connectivity index (χ0v) is 16.7. The van der Waals surface area contributed by atoms with Crippen molar-refractivity contribution >= 4 is 21.7 Å². The van der Waals surface area contributed by atoms with Crippen LogP contribution in [0.25, 0.3) is 33.0 Å². The molecule has 0 fully saturated rings.